The van der Waals surface area contributed by atoms with Gasteiger partial charge in [-0.3, -0.25) is 9.59 Å². The largest absolute Gasteiger partial charge is 0.486 e. The zero-order chi connectivity index (χ0) is 21.6. The van der Waals surface area contributed by atoms with E-state index in [2.05, 4.69) is 10.6 Å². The van der Waals surface area contributed by atoms with Crippen molar-refractivity contribution >= 4 is 11.8 Å². The van der Waals surface area contributed by atoms with E-state index in [0.29, 0.717) is 31.1 Å². The van der Waals surface area contributed by atoms with Gasteiger partial charge in [0.15, 0.2) is 17.3 Å². The van der Waals surface area contributed by atoms with Crippen LogP contribution in [-0.2, 0) is 11.2 Å². The highest BCUT2D eigenvalue weighted by atomic mass is 16.6. The molecule has 1 aliphatic heterocycles. The van der Waals surface area contributed by atoms with Gasteiger partial charge in [-0.15, -0.1) is 0 Å². The maximum Gasteiger partial charge on any atom is 0.287 e. The van der Waals surface area contributed by atoms with Crippen molar-refractivity contribution in [2.75, 3.05) is 13.2 Å². The number of benzene rings is 2. The molecule has 2 heterocycles. The minimum absolute atomic E-state index is 0.158. The number of carbonyl (C=O) groups excluding carboxylic acids is 2. The molecule has 0 saturated heterocycles. The third-order valence-electron chi connectivity index (χ3n) is 5.07. The maximum absolute atomic E-state index is 13.1. The fourth-order valence-electron chi connectivity index (χ4n) is 3.42. The molecule has 31 heavy (non-hydrogen) atoms. The van der Waals surface area contributed by atoms with Gasteiger partial charge < -0.3 is 24.5 Å². The van der Waals surface area contributed by atoms with Crippen LogP contribution < -0.4 is 20.1 Å². The van der Waals surface area contributed by atoms with Gasteiger partial charge >= 0.3 is 0 Å². The minimum atomic E-state index is -0.764. The second-order valence-electron chi connectivity index (χ2n) is 7.33. The molecule has 1 aromatic heterocycles. The van der Waals surface area contributed by atoms with Crippen LogP contribution in [0.5, 0.6) is 11.5 Å². The number of nitrogens with one attached hydrogen (secondary N) is 2. The third kappa shape index (κ3) is 5.06. The molecular formula is C24H24N2O5. The Morgan fingerprint density at radius 3 is 2.45 bits per heavy atom. The average molecular weight is 420 g/mol. The Balaban J connectivity index is 1.48. The molecule has 160 valence electrons. The van der Waals surface area contributed by atoms with Gasteiger partial charge in [0.05, 0.1) is 12.3 Å². The molecule has 3 aromatic rings. The summed E-state index contributed by atoms with van der Waals surface area (Å²) in [6, 6.07) is 17.3. The second kappa shape index (κ2) is 9.38. The highest BCUT2D eigenvalue weighted by molar-refractivity contribution is 5.95. The van der Waals surface area contributed by atoms with Crippen LogP contribution in [-0.4, -0.2) is 31.1 Å². The highest BCUT2D eigenvalue weighted by Gasteiger charge is 2.25. The van der Waals surface area contributed by atoms with Crippen LogP contribution in [0, 0.1) is 0 Å². The lowest BCUT2D eigenvalue weighted by atomic mass is 10.0. The molecule has 2 N–H and O–H groups in total. The van der Waals surface area contributed by atoms with Crippen LogP contribution in [0.25, 0.3) is 0 Å². The summed E-state index contributed by atoms with van der Waals surface area (Å²) >= 11 is 0. The number of hydrogen-bond donors (Lipinski definition) is 2. The molecule has 0 radical (unpaired) electrons. The molecule has 2 unspecified atom stereocenters. The molecule has 0 spiro atoms. The summed E-state index contributed by atoms with van der Waals surface area (Å²) in [5.41, 5.74) is 1.82. The first-order valence-electron chi connectivity index (χ1n) is 10.2. The summed E-state index contributed by atoms with van der Waals surface area (Å²) in [6.45, 7) is 2.90. The maximum atomic E-state index is 13.1. The van der Waals surface area contributed by atoms with E-state index in [1.807, 2.05) is 55.5 Å². The van der Waals surface area contributed by atoms with Crippen molar-refractivity contribution in [3.63, 3.8) is 0 Å². The smallest absolute Gasteiger partial charge is 0.287 e. The van der Waals surface area contributed by atoms with Gasteiger partial charge in [-0.2, -0.15) is 0 Å². The number of ether oxygens (including phenoxy) is 2. The topological polar surface area (TPSA) is 89.8 Å². The lowest BCUT2D eigenvalue weighted by Crippen LogP contribution is -2.48. The standard InChI is InChI=1S/C24H24N2O5/c1-16(18-9-10-20-22(15-18)31-13-12-30-20)25-23(27)19(14-17-6-3-2-4-7-17)26-24(28)21-8-5-11-29-21/h2-11,15-16,19H,12-14H2,1H3,(H,25,27)(H,26,28). The molecule has 0 fully saturated rings. The quantitative estimate of drug-likeness (QED) is 0.612. The first-order chi connectivity index (χ1) is 15.1. The number of furan rings is 1. The van der Waals surface area contributed by atoms with Crippen molar-refractivity contribution in [2.45, 2.75) is 25.4 Å². The fraction of sp³-hybridized carbons (Fsp3) is 0.250. The zero-order valence-electron chi connectivity index (χ0n) is 17.2. The van der Waals surface area contributed by atoms with Gasteiger partial charge in [0.1, 0.15) is 19.3 Å². The van der Waals surface area contributed by atoms with Crippen molar-refractivity contribution in [1.29, 1.82) is 0 Å². The van der Waals surface area contributed by atoms with E-state index in [1.54, 1.807) is 12.1 Å². The number of amides is 2. The molecule has 2 atom stereocenters. The van der Waals surface area contributed by atoms with E-state index in [9.17, 15) is 9.59 Å². The van der Waals surface area contributed by atoms with Gasteiger partial charge in [0.2, 0.25) is 5.91 Å². The normalized spacial score (nSPS) is 14.4. The van der Waals surface area contributed by atoms with Crippen LogP contribution in [0.3, 0.4) is 0 Å². The molecule has 0 aliphatic carbocycles. The number of rotatable bonds is 7. The molecule has 4 rings (SSSR count). The van der Waals surface area contributed by atoms with Crippen molar-refractivity contribution in [2.24, 2.45) is 0 Å². The van der Waals surface area contributed by atoms with Crippen molar-refractivity contribution < 1.29 is 23.5 Å². The Kier molecular flexibility index (Phi) is 6.21. The summed E-state index contributed by atoms with van der Waals surface area (Å²) < 4.78 is 16.3. The van der Waals surface area contributed by atoms with Crippen LogP contribution in [0.1, 0.15) is 34.6 Å². The van der Waals surface area contributed by atoms with Crippen LogP contribution >= 0.6 is 0 Å². The summed E-state index contributed by atoms with van der Waals surface area (Å²) in [4.78, 5) is 25.6. The Morgan fingerprint density at radius 1 is 0.935 bits per heavy atom. The van der Waals surface area contributed by atoms with Crippen LogP contribution in [0.4, 0.5) is 0 Å². The minimum Gasteiger partial charge on any atom is -0.486 e. The summed E-state index contributed by atoms with van der Waals surface area (Å²) in [5, 5.41) is 5.78. The fourth-order valence-corrected chi connectivity index (χ4v) is 3.42. The summed E-state index contributed by atoms with van der Waals surface area (Å²) in [7, 11) is 0. The number of hydrogen-bond acceptors (Lipinski definition) is 5. The second-order valence-corrected chi connectivity index (χ2v) is 7.33. The first kappa shape index (κ1) is 20.5. The predicted octanol–water partition coefficient (Wildman–Crippen LogP) is 3.27. The molecule has 2 aromatic carbocycles. The number of fused-ring (bicyclic) bond motifs is 1. The SMILES string of the molecule is CC(NC(=O)C(Cc1ccccc1)NC(=O)c1ccco1)c1ccc2c(c1)OCCO2. The third-order valence-corrected chi connectivity index (χ3v) is 5.07. The molecule has 0 saturated carbocycles. The van der Waals surface area contributed by atoms with E-state index in [4.69, 9.17) is 13.9 Å². The zero-order valence-corrected chi connectivity index (χ0v) is 17.2. The Hall–Kier alpha value is -3.74. The average Bonchev–Trinajstić information content (AvgIpc) is 3.34. The Labute approximate surface area is 180 Å². The predicted molar refractivity (Wildman–Crippen MR) is 114 cm³/mol. The van der Waals surface area contributed by atoms with Crippen molar-refractivity contribution in [3.05, 3.63) is 83.8 Å². The summed E-state index contributed by atoms with van der Waals surface area (Å²) in [5.74, 6) is 0.794. The van der Waals surface area contributed by atoms with Gasteiger partial charge in [-0.25, -0.2) is 0 Å². The van der Waals surface area contributed by atoms with E-state index in [1.165, 1.54) is 6.26 Å². The van der Waals surface area contributed by atoms with E-state index in [-0.39, 0.29) is 17.7 Å². The monoisotopic (exact) mass is 420 g/mol. The lowest BCUT2D eigenvalue weighted by molar-refractivity contribution is -0.123. The first-order valence-corrected chi connectivity index (χ1v) is 10.2. The molecule has 0 bridgehead atoms. The molecule has 7 nitrogen and oxygen atoms in total. The highest BCUT2D eigenvalue weighted by Crippen LogP contribution is 2.32. The van der Waals surface area contributed by atoms with Gasteiger partial charge in [0.25, 0.3) is 5.91 Å². The Morgan fingerprint density at radius 2 is 1.71 bits per heavy atom. The van der Waals surface area contributed by atoms with E-state index in [0.717, 1.165) is 11.1 Å². The number of carbonyl (C=O) groups is 2. The molecular weight excluding hydrogens is 396 g/mol. The lowest BCUT2D eigenvalue weighted by Gasteiger charge is -2.23. The van der Waals surface area contributed by atoms with Crippen molar-refractivity contribution in [1.82, 2.24) is 10.6 Å². The van der Waals surface area contributed by atoms with Gasteiger partial charge in [0, 0.05) is 6.42 Å². The van der Waals surface area contributed by atoms with E-state index < -0.39 is 11.9 Å². The van der Waals surface area contributed by atoms with Crippen LogP contribution in [0.15, 0.2) is 71.3 Å². The van der Waals surface area contributed by atoms with Gasteiger partial charge in [-0.1, -0.05) is 36.4 Å². The van der Waals surface area contributed by atoms with Crippen molar-refractivity contribution in [3.8, 4) is 11.5 Å². The summed E-state index contributed by atoms with van der Waals surface area (Å²) in [6.07, 6.45) is 1.78. The molecule has 7 heteroatoms. The van der Waals surface area contributed by atoms with Crippen LogP contribution in [0.2, 0.25) is 0 Å². The van der Waals surface area contributed by atoms with Gasteiger partial charge in [-0.05, 0) is 42.3 Å². The van der Waals surface area contributed by atoms with E-state index >= 15 is 0 Å². The molecule has 2 amide bonds. The Bertz CT molecular complexity index is 1030. The molecule has 1 aliphatic rings.